The normalized spacial score (nSPS) is 16.3. The van der Waals surface area contributed by atoms with Crippen molar-refractivity contribution < 1.29 is 9.88 Å². The zero-order valence-corrected chi connectivity index (χ0v) is 9.63. The molecule has 0 aliphatic carbocycles. The molecule has 5 nitrogen and oxygen atoms in total. The van der Waals surface area contributed by atoms with E-state index in [1.165, 1.54) is 0 Å². The van der Waals surface area contributed by atoms with Crippen molar-refractivity contribution in [1.29, 1.82) is 0 Å². The number of hydrogen-bond donors (Lipinski definition) is 1. The van der Waals surface area contributed by atoms with Crippen LogP contribution in [0.3, 0.4) is 0 Å². The van der Waals surface area contributed by atoms with E-state index in [4.69, 9.17) is 9.88 Å². The van der Waals surface area contributed by atoms with E-state index in [1.54, 1.807) is 12.4 Å². The lowest BCUT2D eigenvalue weighted by Gasteiger charge is -2.24. The molecule has 0 unspecified atom stereocenters. The van der Waals surface area contributed by atoms with Crippen molar-refractivity contribution in [2.45, 2.75) is 6.92 Å². The third kappa shape index (κ3) is 6.47. The van der Waals surface area contributed by atoms with Gasteiger partial charge in [0, 0.05) is 38.6 Å². The highest BCUT2D eigenvalue weighted by Gasteiger charge is 2.09. The lowest BCUT2D eigenvalue weighted by atomic mass is 10.4. The summed E-state index contributed by atoms with van der Waals surface area (Å²) >= 11 is 0. The van der Waals surface area contributed by atoms with Crippen molar-refractivity contribution in [2.75, 3.05) is 32.8 Å². The molecule has 90 valence electrons. The zero-order valence-electron chi connectivity index (χ0n) is 9.63. The molecule has 1 aromatic rings. The van der Waals surface area contributed by atoms with Crippen LogP contribution in [0.2, 0.25) is 0 Å². The Balaban J connectivity index is 0.000000181. The number of aromatic nitrogens is 1. The fourth-order valence-corrected chi connectivity index (χ4v) is 1.16. The van der Waals surface area contributed by atoms with Gasteiger partial charge in [-0.2, -0.15) is 5.06 Å². The van der Waals surface area contributed by atoms with Gasteiger partial charge in [0.05, 0.1) is 6.61 Å². The molecule has 0 aromatic carbocycles. The molecule has 1 fully saturated rings. The van der Waals surface area contributed by atoms with Crippen LogP contribution in [0.25, 0.3) is 0 Å². The number of piperazine rings is 1. The molecule has 5 heteroatoms. The van der Waals surface area contributed by atoms with Gasteiger partial charge in [-0.25, -0.2) is 4.89 Å². The van der Waals surface area contributed by atoms with E-state index in [2.05, 4.69) is 10.3 Å². The van der Waals surface area contributed by atoms with Crippen molar-refractivity contribution in [2.24, 2.45) is 0 Å². The van der Waals surface area contributed by atoms with Gasteiger partial charge >= 0.3 is 0 Å². The van der Waals surface area contributed by atoms with E-state index in [0.717, 1.165) is 26.2 Å². The van der Waals surface area contributed by atoms with E-state index in [1.807, 2.05) is 30.2 Å². The van der Waals surface area contributed by atoms with Crippen LogP contribution in [-0.2, 0) is 9.88 Å². The molecular weight excluding hydrogens is 206 g/mol. The maximum Gasteiger partial charge on any atom is 0.0814 e. The molecule has 1 aromatic heterocycles. The van der Waals surface area contributed by atoms with Crippen molar-refractivity contribution in [3.05, 3.63) is 30.6 Å². The summed E-state index contributed by atoms with van der Waals surface area (Å²) in [4.78, 5) is 13.5. The summed E-state index contributed by atoms with van der Waals surface area (Å²) in [5.74, 6) is 0. The molecule has 0 bridgehead atoms. The summed E-state index contributed by atoms with van der Waals surface area (Å²) < 4.78 is 0. The number of pyridine rings is 1. The summed E-state index contributed by atoms with van der Waals surface area (Å²) in [6, 6.07) is 5.72. The van der Waals surface area contributed by atoms with Gasteiger partial charge < -0.3 is 5.32 Å². The molecule has 0 saturated carbocycles. The second-order valence-electron chi connectivity index (χ2n) is 3.18. The van der Waals surface area contributed by atoms with Crippen LogP contribution in [0.4, 0.5) is 0 Å². The Morgan fingerprint density at radius 3 is 2.31 bits per heavy atom. The first-order chi connectivity index (χ1) is 7.93. The van der Waals surface area contributed by atoms with Gasteiger partial charge in [0.25, 0.3) is 0 Å². The second-order valence-corrected chi connectivity index (χ2v) is 3.18. The number of nitrogens with zero attached hydrogens (tertiary/aromatic N) is 2. The first-order valence-corrected chi connectivity index (χ1v) is 5.53. The number of hydroxylamine groups is 2. The number of nitrogens with one attached hydrogen (secondary N) is 1. The van der Waals surface area contributed by atoms with Crippen LogP contribution in [0.5, 0.6) is 0 Å². The largest absolute Gasteiger partial charge is 0.314 e. The van der Waals surface area contributed by atoms with Gasteiger partial charge in [0.2, 0.25) is 0 Å². The van der Waals surface area contributed by atoms with E-state index >= 15 is 0 Å². The lowest BCUT2D eigenvalue weighted by molar-refractivity contribution is -0.426. The standard InChI is InChI=1S/C6H14N2O2.C5H5N/c1-2-9-10-8-5-3-7-4-6-8;1-2-4-6-5-3-1/h7H,2-6H2,1H3;1-5H. The summed E-state index contributed by atoms with van der Waals surface area (Å²) in [6.07, 6.45) is 3.50. The van der Waals surface area contributed by atoms with Crippen LogP contribution in [-0.4, -0.2) is 42.8 Å². The summed E-state index contributed by atoms with van der Waals surface area (Å²) in [5.41, 5.74) is 0. The van der Waals surface area contributed by atoms with Crippen LogP contribution in [0, 0.1) is 0 Å². The summed E-state index contributed by atoms with van der Waals surface area (Å²) in [7, 11) is 0. The predicted molar refractivity (Wildman–Crippen MR) is 61.4 cm³/mol. The predicted octanol–water partition coefficient (Wildman–Crippen LogP) is 0.856. The molecular formula is C11H19N3O2. The van der Waals surface area contributed by atoms with E-state index in [0.29, 0.717) is 6.61 Å². The third-order valence-electron chi connectivity index (χ3n) is 1.92. The lowest BCUT2D eigenvalue weighted by Crippen LogP contribution is -2.43. The topological polar surface area (TPSA) is 46.6 Å². The Labute approximate surface area is 96.3 Å². The Bertz CT molecular complexity index is 214. The first-order valence-electron chi connectivity index (χ1n) is 5.53. The molecule has 1 saturated heterocycles. The van der Waals surface area contributed by atoms with Crippen molar-refractivity contribution in [3.8, 4) is 0 Å². The highest BCUT2D eigenvalue weighted by atomic mass is 17.3. The highest BCUT2D eigenvalue weighted by molar-refractivity contribution is 4.88. The van der Waals surface area contributed by atoms with Gasteiger partial charge in [-0.3, -0.25) is 4.98 Å². The van der Waals surface area contributed by atoms with Crippen molar-refractivity contribution in [3.63, 3.8) is 0 Å². The molecule has 2 heterocycles. The second kappa shape index (κ2) is 9.23. The summed E-state index contributed by atoms with van der Waals surface area (Å²) in [6.45, 7) is 6.27. The van der Waals surface area contributed by atoms with E-state index < -0.39 is 0 Å². The minimum atomic E-state index is 0.601. The number of rotatable bonds is 3. The molecule has 1 N–H and O–H groups in total. The maximum atomic E-state index is 4.93. The SMILES string of the molecule is CCOON1CCNCC1.c1ccncc1. The smallest absolute Gasteiger partial charge is 0.0814 e. The molecule has 0 amide bonds. The Morgan fingerprint density at radius 1 is 1.19 bits per heavy atom. The van der Waals surface area contributed by atoms with Crippen LogP contribution < -0.4 is 5.32 Å². The fraction of sp³-hybridized carbons (Fsp3) is 0.545. The minimum Gasteiger partial charge on any atom is -0.314 e. The minimum absolute atomic E-state index is 0.601. The summed E-state index contributed by atoms with van der Waals surface area (Å²) in [5, 5.41) is 5.03. The Hall–Kier alpha value is -1.01. The third-order valence-corrected chi connectivity index (χ3v) is 1.92. The first kappa shape index (κ1) is 13.1. The molecule has 0 spiro atoms. The zero-order chi connectivity index (χ0) is 11.5. The van der Waals surface area contributed by atoms with Gasteiger partial charge in [0.1, 0.15) is 0 Å². The van der Waals surface area contributed by atoms with Crippen LogP contribution in [0.1, 0.15) is 6.92 Å². The average molecular weight is 225 g/mol. The van der Waals surface area contributed by atoms with E-state index in [9.17, 15) is 0 Å². The highest BCUT2D eigenvalue weighted by Crippen LogP contribution is 1.93. The maximum absolute atomic E-state index is 4.93. The van der Waals surface area contributed by atoms with Crippen LogP contribution >= 0.6 is 0 Å². The van der Waals surface area contributed by atoms with Crippen molar-refractivity contribution in [1.82, 2.24) is 15.4 Å². The molecule has 16 heavy (non-hydrogen) atoms. The van der Waals surface area contributed by atoms with Crippen molar-refractivity contribution >= 4 is 0 Å². The van der Waals surface area contributed by atoms with Crippen LogP contribution in [0.15, 0.2) is 30.6 Å². The Morgan fingerprint density at radius 2 is 1.88 bits per heavy atom. The van der Waals surface area contributed by atoms with Gasteiger partial charge in [0.15, 0.2) is 0 Å². The quantitative estimate of drug-likeness (QED) is 0.610. The monoisotopic (exact) mass is 225 g/mol. The average Bonchev–Trinajstić information content (AvgIpc) is 2.40. The molecule has 1 aliphatic rings. The van der Waals surface area contributed by atoms with Gasteiger partial charge in [-0.05, 0) is 19.1 Å². The molecule has 2 rings (SSSR count). The van der Waals surface area contributed by atoms with E-state index in [-0.39, 0.29) is 0 Å². The molecule has 0 atom stereocenters. The fourth-order valence-electron chi connectivity index (χ4n) is 1.16. The number of hydrogen-bond acceptors (Lipinski definition) is 5. The Kier molecular flexibility index (Phi) is 7.53. The molecule has 1 aliphatic heterocycles. The van der Waals surface area contributed by atoms with Gasteiger partial charge in [-0.15, -0.1) is 4.99 Å². The van der Waals surface area contributed by atoms with Gasteiger partial charge in [-0.1, -0.05) is 6.07 Å². The molecule has 0 radical (unpaired) electrons.